The number of pyridine rings is 1. The molecule has 2 aromatic rings. The van der Waals surface area contributed by atoms with Gasteiger partial charge in [0.25, 0.3) is 5.91 Å². The average Bonchev–Trinajstić information content (AvgIpc) is 2.79. The second-order valence-electron chi connectivity index (χ2n) is 4.21. The van der Waals surface area contributed by atoms with Crippen LogP contribution in [-0.4, -0.2) is 15.5 Å². The average molecular weight is 362 g/mol. The number of nitrogens with one attached hydrogen (secondary N) is 1. The van der Waals surface area contributed by atoms with Gasteiger partial charge in [-0.3, -0.25) is 4.79 Å². The standard InChI is InChI=1S/C13H11BrF3N3O/c1-2-20-7-8(14)5-10(20)12(21)19-9-3-4-11(18-6-9)13(15,16)17/h3-7H,2H2,1H3,(H,19,21). The van der Waals surface area contributed by atoms with Gasteiger partial charge >= 0.3 is 6.18 Å². The van der Waals surface area contributed by atoms with E-state index in [1.807, 2.05) is 6.92 Å². The van der Waals surface area contributed by atoms with Gasteiger partial charge in [-0.1, -0.05) is 0 Å². The fourth-order valence-electron chi connectivity index (χ4n) is 1.76. The third-order valence-corrected chi connectivity index (χ3v) is 3.18. The van der Waals surface area contributed by atoms with Crippen molar-refractivity contribution in [1.82, 2.24) is 9.55 Å². The molecule has 0 radical (unpaired) electrons. The number of alkyl halides is 3. The normalized spacial score (nSPS) is 11.5. The second-order valence-corrected chi connectivity index (χ2v) is 5.13. The number of hydrogen-bond acceptors (Lipinski definition) is 2. The summed E-state index contributed by atoms with van der Waals surface area (Å²) in [5.74, 6) is -0.413. The van der Waals surface area contributed by atoms with E-state index in [0.717, 1.165) is 16.7 Å². The van der Waals surface area contributed by atoms with Crippen molar-refractivity contribution < 1.29 is 18.0 Å². The molecule has 0 aliphatic carbocycles. The molecule has 2 aromatic heterocycles. The number of halogens is 4. The molecule has 112 valence electrons. The SMILES string of the molecule is CCn1cc(Br)cc1C(=O)Nc1ccc(C(F)(F)F)nc1. The number of amides is 1. The maximum absolute atomic E-state index is 12.4. The van der Waals surface area contributed by atoms with Gasteiger partial charge in [0.15, 0.2) is 0 Å². The summed E-state index contributed by atoms with van der Waals surface area (Å²) in [5, 5.41) is 2.51. The molecule has 0 aliphatic heterocycles. The van der Waals surface area contributed by atoms with E-state index in [4.69, 9.17) is 0 Å². The lowest BCUT2D eigenvalue weighted by Crippen LogP contribution is -2.17. The zero-order valence-electron chi connectivity index (χ0n) is 10.9. The van der Waals surface area contributed by atoms with Crippen LogP contribution in [0.5, 0.6) is 0 Å². The molecule has 0 saturated heterocycles. The van der Waals surface area contributed by atoms with Crippen LogP contribution in [0.2, 0.25) is 0 Å². The van der Waals surface area contributed by atoms with Gasteiger partial charge in [-0.15, -0.1) is 0 Å². The molecular formula is C13H11BrF3N3O. The van der Waals surface area contributed by atoms with Crippen molar-refractivity contribution in [3.8, 4) is 0 Å². The number of anilines is 1. The van der Waals surface area contributed by atoms with Crippen molar-refractivity contribution in [2.75, 3.05) is 5.32 Å². The van der Waals surface area contributed by atoms with Crippen molar-refractivity contribution in [3.05, 3.63) is 46.5 Å². The van der Waals surface area contributed by atoms with Gasteiger partial charge in [0, 0.05) is 17.2 Å². The van der Waals surface area contributed by atoms with E-state index in [0.29, 0.717) is 12.2 Å². The number of rotatable bonds is 3. The summed E-state index contributed by atoms with van der Waals surface area (Å²) in [5.41, 5.74) is -0.391. The van der Waals surface area contributed by atoms with Crippen molar-refractivity contribution >= 4 is 27.5 Å². The van der Waals surface area contributed by atoms with Crippen molar-refractivity contribution in [2.24, 2.45) is 0 Å². The summed E-state index contributed by atoms with van der Waals surface area (Å²) >= 11 is 3.27. The van der Waals surface area contributed by atoms with Crippen LogP contribution in [0.1, 0.15) is 23.1 Å². The Bertz CT molecular complexity index is 650. The van der Waals surface area contributed by atoms with Gasteiger partial charge in [-0.25, -0.2) is 4.98 Å². The maximum atomic E-state index is 12.4. The molecule has 0 aromatic carbocycles. The molecule has 8 heteroatoms. The Kier molecular flexibility index (Phi) is 4.36. The monoisotopic (exact) mass is 361 g/mol. The molecular weight excluding hydrogens is 351 g/mol. The minimum atomic E-state index is -4.50. The van der Waals surface area contributed by atoms with Crippen molar-refractivity contribution in [1.29, 1.82) is 0 Å². The second kappa shape index (κ2) is 5.88. The minimum Gasteiger partial charge on any atom is -0.343 e. The molecule has 2 rings (SSSR count). The van der Waals surface area contributed by atoms with Crippen LogP contribution in [0.15, 0.2) is 35.1 Å². The topological polar surface area (TPSA) is 46.9 Å². The van der Waals surface area contributed by atoms with Crippen LogP contribution < -0.4 is 5.32 Å². The number of hydrogen-bond donors (Lipinski definition) is 1. The molecule has 0 bridgehead atoms. The Hall–Kier alpha value is -1.83. The molecule has 4 nitrogen and oxygen atoms in total. The summed E-state index contributed by atoms with van der Waals surface area (Å²) < 4.78 is 39.6. The first kappa shape index (κ1) is 15.6. The van der Waals surface area contributed by atoms with Gasteiger partial charge in [-0.05, 0) is 41.1 Å². The smallest absolute Gasteiger partial charge is 0.343 e. The predicted octanol–water partition coefficient (Wildman–Crippen LogP) is 3.94. The number of carbonyl (C=O) groups is 1. The highest BCUT2D eigenvalue weighted by atomic mass is 79.9. The summed E-state index contributed by atoms with van der Waals surface area (Å²) in [6.07, 6.45) is -1.76. The lowest BCUT2D eigenvalue weighted by molar-refractivity contribution is -0.141. The quantitative estimate of drug-likeness (QED) is 0.899. The molecule has 0 fully saturated rings. The van der Waals surface area contributed by atoms with Crippen LogP contribution in [-0.2, 0) is 12.7 Å². The highest BCUT2D eigenvalue weighted by Gasteiger charge is 2.32. The van der Waals surface area contributed by atoms with E-state index in [1.165, 1.54) is 6.07 Å². The highest BCUT2D eigenvalue weighted by molar-refractivity contribution is 9.10. The van der Waals surface area contributed by atoms with Crippen molar-refractivity contribution in [2.45, 2.75) is 19.6 Å². The number of nitrogens with zero attached hydrogens (tertiary/aromatic N) is 2. The molecule has 0 aliphatic rings. The van der Waals surface area contributed by atoms with Crippen LogP contribution in [0.4, 0.5) is 18.9 Å². The summed E-state index contributed by atoms with van der Waals surface area (Å²) in [7, 11) is 0. The summed E-state index contributed by atoms with van der Waals surface area (Å²) in [4.78, 5) is 15.4. The molecule has 0 saturated carbocycles. The number of carbonyl (C=O) groups excluding carboxylic acids is 1. The fraction of sp³-hybridized carbons (Fsp3) is 0.231. The Balaban J connectivity index is 2.16. The maximum Gasteiger partial charge on any atom is 0.433 e. The molecule has 1 N–H and O–H groups in total. The lowest BCUT2D eigenvalue weighted by Gasteiger charge is -2.09. The van der Waals surface area contributed by atoms with E-state index in [1.54, 1.807) is 16.8 Å². The van der Waals surface area contributed by atoms with Gasteiger partial charge < -0.3 is 9.88 Å². The molecule has 2 heterocycles. The Morgan fingerprint density at radius 3 is 2.67 bits per heavy atom. The van der Waals surface area contributed by atoms with Gasteiger partial charge in [0.05, 0.1) is 11.9 Å². The fourth-order valence-corrected chi connectivity index (χ4v) is 2.22. The van der Waals surface area contributed by atoms with E-state index < -0.39 is 17.8 Å². The third kappa shape index (κ3) is 3.63. The van der Waals surface area contributed by atoms with E-state index in [-0.39, 0.29) is 5.69 Å². The first-order chi connectivity index (χ1) is 9.81. The van der Waals surface area contributed by atoms with E-state index >= 15 is 0 Å². The summed E-state index contributed by atoms with van der Waals surface area (Å²) in [6, 6.07) is 3.63. The molecule has 0 spiro atoms. The number of aryl methyl sites for hydroxylation is 1. The zero-order valence-corrected chi connectivity index (χ0v) is 12.5. The van der Waals surface area contributed by atoms with Crippen LogP contribution in [0.25, 0.3) is 0 Å². The summed E-state index contributed by atoms with van der Waals surface area (Å²) in [6.45, 7) is 2.47. The van der Waals surface area contributed by atoms with Gasteiger partial charge in [0.2, 0.25) is 0 Å². The van der Waals surface area contributed by atoms with Gasteiger partial charge in [0.1, 0.15) is 11.4 Å². The highest BCUT2D eigenvalue weighted by Crippen LogP contribution is 2.27. The Morgan fingerprint density at radius 1 is 1.43 bits per heavy atom. The molecule has 21 heavy (non-hydrogen) atoms. The third-order valence-electron chi connectivity index (χ3n) is 2.75. The largest absolute Gasteiger partial charge is 0.433 e. The first-order valence-electron chi connectivity index (χ1n) is 6.01. The van der Waals surface area contributed by atoms with E-state index in [9.17, 15) is 18.0 Å². The van der Waals surface area contributed by atoms with Crippen molar-refractivity contribution in [3.63, 3.8) is 0 Å². The zero-order chi connectivity index (χ0) is 15.6. The number of aromatic nitrogens is 2. The Morgan fingerprint density at radius 2 is 2.14 bits per heavy atom. The molecule has 1 amide bonds. The first-order valence-corrected chi connectivity index (χ1v) is 6.81. The van der Waals surface area contributed by atoms with Gasteiger partial charge in [-0.2, -0.15) is 13.2 Å². The molecule has 0 atom stereocenters. The van der Waals surface area contributed by atoms with Crippen LogP contribution in [0, 0.1) is 0 Å². The van der Waals surface area contributed by atoms with E-state index in [2.05, 4.69) is 26.2 Å². The molecule has 0 unspecified atom stereocenters. The minimum absolute atomic E-state index is 0.202. The lowest BCUT2D eigenvalue weighted by atomic mass is 10.3. The van der Waals surface area contributed by atoms with Crippen LogP contribution in [0.3, 0.4) is 0 Å². The predicted molar refractivity (Wildman–Crippen MR) is 75.0 cm³/mol. The van der Waals surface area contributed by atoms with Crippen LogP contribution >= 0.6 is 15.9 Å². The Labute approximate surface area is 127 Å².